The van der Waals surface area contributed by atoms with Gasteiger partial charge in [-0.2, -0.15) is 0 Å². The molecule has 0 fully saturated rings. The molecule has 2 rings (SSSR count). The van der Waals surface area contributed by atoms with E-state index in [1.54, 1.807) is 0 Å². The Balaban J connectivity index is 2.15. The molecule has 1 N–H and O–H groups in total. The Hall–Kier alpha value is -1.96. The summed E-state index contributed by atoms with van der Waals surface area (Å²) in [4.78, 5) is 0. The molecule has 2 nitrogen and oxygen atoms in total. The van der Waals surface area contributed by atoms with Crippen LogP contribution in [0.2, 0.25) is 0 Å². The van der Waals surface area contributed by atoms with E-state index in [9.17, 15) is 0 Å². The maximum atomic E-state index is 5.76. The monoisotopic (exact) mass is 283 g/mol. The molecule has 2 heteroatoms. The normalized spacial score (nSPS) is 10.5. The average Bonchev–Trinajstić information content (AvgIpc) is 2.44. The molecule has 112 valence electrons. The van der Waals surface area contributed by atoms with Crippen molar-refractivity contribution in [3.8, 4) is 5.75 Å². The number of hydrogen-bond donors (Lipinski definition) is 1. The van der Waals surface area contributed by atoms with Crippen molar-refractivity contribution in [2.75, 3.05) is 11.9 Å². The minimum Gasteiger partial charge on any atom is -0.494 e. The average molecular weight is 283 g/mol. The molecule has 0 saturated carbocycles. The van der Waals surface area contributed by atoms with Gasteiger partial charge in [0, 0.05) is 17.4 Å². The Morgan fingerprint density at radius 1 is 1.00 bits per heavy atom. The number of anilines is 2. The second-order valence-electron chi connectivity index (χ2n) is 5.63. The van der Waals surface area contributed by atoms with E-state index >= 15 is 0 Å². The minimum atomic E-state index is 0.780. The second-order valence-corrected chi connectivity index (χ2v) is 5.63. The predicted molar refractivity (Wildman–Crippen MR) is 90.8 cm³/mol. The van der Waals surface area contributed by atoms with Gasteiger partial charge in [0.1, 0.15) is 5.75 Å². The molecular weight excluding hydrogens is 258 g/mol. The van der Waals surface area contributed by atoms with Gasteiger partial charge in [0.2, 0.25) is 0 Å². The van der Waals surface area contributed by atoms with Gasteiger partial charge >= 0.3 is 0 Å². The summed E-state index contributed by atoms with van der Waals surface area (Å²) in [5.74, 6) is 0.927. The van der Waals surface area contributed by atoms with Gasteiger partial charge in [-0.3, -0.25) is 0 Å². The van der Waals surface area contributed by atoms with Crippen LogP contribution in [0.25, 0.3) is 0 Å². The Labute approximate surface area is 128 Å². The summed E-state index contributed by atoms with van der Waals surface area (Å²) < 4.78 is 5.76. The summed E-state index contributed by atoms with van der Waals surface area (Å²) in [6, 6.07) is 12.6. The Kier molecular flexibility index (Phi) is 5.26. The van der Waals surface area contributed by atoms with Crippen LogP contribution >= 0.6 is 0 Å². The lowest BCUT2D eigenvalue weighted by atomic mass is 10.0. The fourth-order valence-corrected chi connectivity index (χ4v) is 2.52. The number of nitrogens with one attached hydrogen (secondary N) is 1. The van der Waals surface area contributed by atoms with Crippen LogP contribution in [-0.2, 0) is 0 Å². The Morgan fingerprint density at radius 3 is 2.38 bits per heavy atom. The highest BCUT2D eigenvalue weighted by atomic mass is 16.5. The molecule has 0 aliphatic carbocycles. The van der Waals surface area contributed by atoms with Crippen molar-refractivity contribution < 1.29 is 4.74 Å². The third kappa shape index (κ3) is 4.25. The van der Waals surface area contributed by atoms with E-state index in [4.69, 9.17) is 4.74 Å². The van der Waals surface area contributed by atoms with Crippen LogP contribution < -0.4 is 10.1 Å². The summed E-state index contributed by atoms with van der Waals surface area (Å²) in [7, 11) is 0. The molecule has 0 radical (unpaired) electrons. The number of rotatable bonds is 6. The molecule has 0 spiro atoms. The van der Waals surface area contributed by atoms with E-state index in [-0.39, 0.29) is 0 Å². The zero-order chi connectivity index (χ0) is 15.2. The topological polar surface area (TPSA) is 21.3 Å². The predicted octanol–water partition coefficient (Wildman–Crippen LogP) is 5.53. The molecule has 0 saturated heterocycles. The summed E-state index contributed by atoms with van der Waals surface area (Å²) in [6.07, 6.45) is 2.24. The summed E-state index contributed by atoms with van der Waals surface area (Å²) in [5, 5.41) is 3.52. The van der Waals surface area contributed by atoms with Crippen molar-refractivity contribution in [3.63, 3.8) is 0 Å². The van der Waals surface area contributed by atoms with Gasteiger partial charge < -0.3 is 10.1 Å². The van der Waals surface area contributed by atoms with Crippen LogP contribution in [0.1, 0.15) is 36.5 Å². The van der Waals surface area contributed by atoms with Gasteiger partial charge in [-0.15, -0.1) is 0 Å². The third-order valence-corrected chi connectivity index (χ3v) is 3.55. The van der Waals surface area contributed by atoms with Gasteiger partial charge in [0.15, 0.2) is 0 Å². The van der Waals surface area contributed by atoms with Gasteiger partial charge in [-0.25, -0.2) is 0 Å². The minimum absolute atomic E-state index is 0.780. The Bertz CT molecular complexity index is 581. The third-order valence-electron chi connectivity index (χ3n) is 3.55. The highest BCUT2D eigenvalue weighted by Gasteiger charge is 2.05. The quantitative estimate of drug-likeness (QED) is 0.703. The van der Waals surface area contributed by atoms with Crippen LogP contribution in [0.3, 0.4) is 0 Å². The maximum absolute atomic E-state index is 5.76. The molecule has 2 aromatic carbocycles. The van der Waals surface area contributed by atoms with Crippen LogP contribution in [0.15, 0.2) is 36.4 Å². The molecule has 0 bridgehead atoms. The molecule has 0 atom stereocenters. The summed E-state index contributed by atoms with van der Waals surface area (Å²) in [6.45, 7) is 9.37. The molecule has 0 aliphatic heterocycles. The summed E-state index contributed by atoms with van der Waals surface area (Å²) in [5.41, 5.74) is 6.09. The lowest BCUT2D eigenvalue weighted by Crippen LogP contribution is -1.99. The molecule has 2 aromatic rings. The summed E-state index contributed by atoms with van der Waals surface area (Å²) >= 11 is 0. The van der Waals surface area contributed by atoms with Gasteiger partial charge in [-0.1, -0.05) is 37.1 Å². The highest BCUT2D eigenvalue weighted by Crippen LogP contribution is 2.27. The van der Waals surface area contributed by atoms with E-state index in [1.165, 1.54) is 22.4 Å². The maximum Gasteiger partial charge on any atom is 0.121 e. The largest absolute Gasteiger partial charge is 0.494 e. The Morgan fingerprint density at radius 2 is 1.71 bits per heavy atom. The van der Waals surface area contributed by atoms with Crippen molar-refractivity contribution >= 4 is 11.4 Å². The van der Waals surface area contributed by atoms with Crippen LogP contribution in [0.5, 0.6) is 5.75 Å². The van der Waals surface area contributed by atoms with Crippen molar-refractivity contribution in [1.82, 2.24) is 0 Å². The molecule has 0 aliphatic rings. The van der Waals surface area contributed by atoms with Crippen molar-refractivity contribution in [2.24, 2.45) is 0 Å². The zero-order valence-corrected chi connectivity index (χ0v) is 13.5. The van der Waals surface area contributed by atoms with Crippen molar-refractivity contribution in [2.45, 2.75) is 40.5 Å². The second kappa shape index (κ2) is 7.16. The van der Waals surface area contributed by atoms with Crippen LogP contribution in [-0.4, -0.2) is 6.61 Å². The fraction of sp³-hybridized carbons (Fsp3) is 0.368. The van der Waals surface area contributed by atoms with E-state index < -0.39 is 0 Å². The van der Waals surface area contributed by atoms with Gasteiger partial charge in [0.25, 0.3) is 0 Å². The first kappa shape index (κ1) is 15.4. The standard InChI is InChI=1S/C19H25NO/c1-5-6-10-21-18-9-7-8-17(13-18)20-19-15(3)11-14(2)12-16(19)4/h7-9,11-13,20H,5-6,10H2,1-4H3. The molecule has 0 heterocycles. The first-order chi connectivity index (χ1) is 10.1. The first-order valence-electron chi connectivity index (χ1n) is 7.68. The number of aryl methyl sites for hydroxylation is 3. The highest BCUT2D eigenvalue weighted by molar-refractivity contribution is 5.68. The number of hydrogen-bond acceptors (Lipinski definition) is 2. The number of benzene rings is 2. The smallest absolute Gasteiger partial charge is 0.121 e. The molecule has 0 aromatic heterocycles. The molecular formula is C19H25NO. The van der Waals surface area contributed by atoms with Crippen molar-refractivity contribution in [3.05, 3.63) is 53.1 Å². The SMILES string of the molecule is CCCCOc1cccc(Nc2c(C)cc(C)cc2C)c1. The lowest BCUT2D eigenvalue weighted by molar-refractivity contribution is 0.309. The fourth-order valence-electron chi connectivity index (χ4n) is 2.52. The van der Waals surface area contributed by atoms with E-state index in [1.807, 2.05) is 12.1 Å². The van der Waals surface area contributed by atoms with E-state index in [0.717, 1.165) is 30.9 Å². The molecule has 0 unspecified atom stereocenters. The van der Waals surface area contributed by atoms with Gasteiger partial charge in [-0.05, 0) is 50.5 Å². The lowest BCUT2D eigenvalue weighted by Gasteiger charge is -2.15. The van der Waals surface area contributed by atoms with Crippen LogP contribution in [0.4, 0.5) is 11.4 Å². The molecule has 21 heavy (non-hydrogen) atoms. The molecule has 0 amide bonds. The zero-order valence-electron chi connectivity index (χ0n) is 13.5. The van der Waals surface area contributed by atoms with E-state index in [0.29, 0.717) is 0 Å². The van der Waals surface area contributed by atoms with Crippen molar-refractivity contribution in [1.29, 1.82) is 0 Å². The van der Waals surface area contributed by atoms with E-state index in [2.05, 4.69) is 57.3 Å². The van der Waals surface area contributed by atoms with Crippen LogP contribution in [0, 0.1) is 20.8 Å². The number of ether oxygens (including phenoxy) is 1. The van der Waals surface area contributed by atoms with Gasteiger partial charge in [0.05, 0.1) is 6.61 Å². The number of unbranched alkanes of at least 4 members (excludes halogenated alkanes) is 1. The first-order valence-corrected chi connectivity index (χ1v) is 7.68.